The minimum absolute atomic E-state index is 0.0150. The molecule has 0 saturated heterocycles. The predicted octanol–water partition coefficient (Wildman–Crippen LogP) is 1.36. The fourth-order valence-corrected chi connectivity index (χ4v) is 5.98. The van der Waals surface area contributed by atoms with Gasteiger partial charge in [-0.25, -0.2) is 0 Å². The second-order valence-electron chi connectivity index (χ2n) is 10.1. The molecule has 9 nitrogen and oxygen atoms in total. The number of ketones is 2. The maximum Gasteiger partial charge on any atom is 0.255 e. The van der Waals surface area contributed by atoms with E-state index in [4.69, 9.17) is 5.73 Å². The Balaban J connectivity index is 1.66. The Kier molecular flexibility index (Phi) is 5.90. The lowest BCUT2D eigenvalue weighted by molar-refractivity contribution is -0.153. The molecule has 0 aliphatic heterocycles. The van der Waals surface area contributed by atoms with Crippen LogP contribution in [0.1, 0.15) is 28.7 Å². The molecule has 3 aliphatic rings. The number of likely N-dealkylation sites (N-methyl/N-ethyl adjacent to an activating group) is 1. The van der Waals surface area contributed by atoms with E-state index in [1.165, 1.54) is 4.90 Å². The zero-order valence-corrected chi connectivity index (χ0v) is 20.7. The molecule has 3 aliphatic carbocycles. The van der Waals surface area contributed by atoms with E-state index in [1.54, 1.807) is 38.4 Å². The van der Waals surface area contributed by atoms with Gasteiger partial charge in [0.05, 0.1) is 17.2 Å². The number of amides is 1. The molecule has 0 spiro atoms. The molecule has 1 fully saturated rings. The molecule has 2 aromatic rings. The summed E-state index contributed by atoms with van der Waals surface area (Å²) in [6, 6.07) is 11.3. The number of aliphatic hydroxyl groups excluding tert-OH is 2. The van der Waals surface area contributed by atoms with Gasteiger partial charge in [-0.1, -0.05) is 36.1 Å². The lowest BCUT2D eigenvalue weighted by Gasteiger charge is -2.50. The quantitative estimate of drug-likeness (QED) is 0.297. The third kappa shape index (κ3) is 3.53. The summed E-state index contributed by atoms with van der Waals surface area (Å²) in [5.41, 5.74) is 3.18. The third-order valence-corrected chi connectivity index (χ3v) is 7.71. The molecule has 1 saturated carbocycles. The average Bonchev–Trinajstić information content (AvgIpc) is 2.86. The van der Waals surface area contributed by atoms with Gasteiger partial charge in [0, 0.05) is 17.1 Å². The number of primary amides is 1. The van der Waals surface area contributed by atoms with Crippen LogP contribution in [0.2, 0.25) is 0 Å². The minimum atomic E-state index is -2.66. The van der Waals surface area contributed by atoms with Crippen molar-refractivity contribution in [2.75, 3.05) is 14.1 Å². The van der Waals surface area contributed by atoms with Crippen LogP contribution in [0.15, 0.2) is 59.4 Å². The van der Waals surface area contributed by atoms with Crippen LogP contribution in [0.5, 0.6) is 5.75 Å². The van der Waals surface area contributed by atoms with Gasteiger partial charge in [-0.05, 0) is 56.6 Å². The maximum absolute atomic E-state index is 13.8. The molecule has 38 heavy (non-hydrogen) atoms. The van der Waals surface area contributed by atoms with Crippen molar-refractivity contribution in [1.82, 2.24) is 4.90 Å². The van der Waals surface area contributed by atoms with E-state index in [0.29, 0.717) is 5.56 Å². The molecule has 0 radical (unpaired) electrons. The summed E-state index contributed by atoms with van der Waals surface area (Å²) in [4.78, 5) is 40.5. The number of rotatable bonds is 2. The summed E-state index contributed by atoms with van der Waals surface area (Å²) in [5, 5.41) is 44.8. The molecular formula is C29H26N2O7. The first-order valence-electron chi connectivity index (χ1n) is 12.0. The number of phenolic OH excluding ortho intramolecular Hbond substituents is 1. The van der Waals surface area contributed by atoms with Gasteiger partial charge in [0.2, 0.25) is 5.78 Å². The Hall–Kier alpha value is -4.39. The summed E-state index contributed by atoms with van der Waals surface area (Å²) < 4.78 is 0. The fourth-order valence-electron chi connectivity index (χ4n) is 5.98. The van der Waals surface area contributed by atoms with Crippen molar-refractivity contribution in [2.45, 2.75) is 24.5 Å². The van der Waals surface area contributed by atoms with Crippen LogP contribution in [0.25, 0.3) is 5.76 Å². The zero-order chi connectivity index (χ0) is 27.5. The Bertz CT molecular complexity index is 1530. The first-order valence-corrected chi connectivity index (χ1v) is 12.0. The first-order chi connectivity index (χ1) is 18.0. The van der Waals surface area contributed by atoms with E-state index in [9.17, 15) is 34.8 Å². The standard InChI is InChI=1S/C29H26N2O7/c1-31(2)22-18-13-17-12-16-11-10-15(9-8-14-6-4-3-5-7-14)23(32)19(16)24(33)20(17)26(35)29(18,38)27(36)21(25(22)34)28(30)37/h3-7,10-11,17-18,22,32-33,36,38H,12-13H2,1-2H3,(H2,30,37)/t17-,18-,22-,29-/m1/s1. The average molecular weight is 515 g/mol. The van der Waals surface area contributed by atoms with Crippen molar-refractivity contribution in [2.24, 2.45) is 17.6 Å². The number of carbonyl (C=O) groups excluding carboxylic acids is 3. The van der Waals surface area contributed by atoms with E-state index in [1.807, 2.05) is 18.2 Å². The normalized spacial score (nSPS) is 26.4. The van der Waals surface area contributed by atoms with E-state index in [2.05, 4.69) is 11.8 Å². The molecule has 6 N–H and O–H groups in total. The molecule has 0 aromatic heterocycles. The van der Waals surface area contributed by atoms with Crippen molar-refractivity contribution >= 4 is 23.2 Å². The molecular weight excluding hydrogens is 488 g/mol. The number of phenols is 1. The smallest absolute Gasteiger partial charge is 0.255 e. The molecule has 194 valence electrons. The molecule has 1 amide bonds. The molecule has 0 bridgehead atoms. The number of hydrogen-bond donors (Lipinski definition) is 5. The topological polar surface area (TPSA) is 161 Å². The zero-order valence-electron chi connectivity index (χ0n) is 20.7. The highest BCUT2D eigenvalue weighted by atomic mass is 16.3. The number of fused-ring (bicyclic) bond motifs is 3. The fraction of sp³-hybridized carbons (Fsp3) is 0.276. The van der Waals surface area contributed by atoms with Crippen LogP contribution < -0.4 is 5.73 Å². The van der Waals surface area contributed by atoms with Gasteiger partial charge < -0.3 is 26.2 Å². The van der Waals surface area contributed by atoms with E-state index in [-0.39, 0.29) is 35.3 Å². The van der Waals surface area contributed by atoms with Gasteiger partial charge in [-0.3, -0.25) is 19.3 Å². The van der Waals surface area contributed by atoms with Crippen LogP contribution >= 0.6 is 0 Å². The number of benzene rings is 2. The molecule has 4 atom stereocenters. The highest BCUT2D eigenvalue weighted by Gasteiger charge is 2.64. The molecule has 5 rings (SSSR count). The van der Waals surface area contributed by atoms with Crippen molar-refractivity contribution < 1.29 is 34.8 Å². The number of Topliss-reactive ketones (excluding diaryl/α,β-unsaturated/α-hetero) is 2. The predicted molar refractivity (Wildman–Crippen MR) is 137 cm³/mol. The summed E-state index contributed by atoms with van der Waals surface area (Å²) in [6.45, 7) is 0. The van der Waals surface area contributed by atoms with Crippen molar-refractivity contribution in [3.8, 4) is 17.6 Å². The lowest BCUT2D eigenvalue weighted by atomic mass is 9.57. The highest BCUT2D eigenvalue weighted by Crippen LogP contribution is 2.52. The summed E-state index contributed by atoms with van der Waals surface area (Å²) in [5.74, 6) is -0.973. The van der Waals surface area contributed by atoms with Crippen molar-refractivity contribution in [3.05, 3.63) is 81.6 Å². The van der Waals surface area contributed by atoms with Gasteiger partial charge in [-0.15, -0.1) is 0 Å². The molecule has 0 unspecified atom stereocenters. The number of nitrogens with two attached hydrogens (primary N) is 1. The van der Waals surface area contributed by atoms with Crippen LogP contribution in [-0.2, 0) is 20.8 Å². The molecule has 0 heterocycles. The van der Waals surface area contributed by atoms with Gasteiger partial charge in [0.15, 0.2) is 11.4 Å². The van der Waals surface area contributed by atoms with Crippen LogP contribution in [0, 0.1) is 23.7 Å². The molecule has 2 aromatic carbocycles. The Morgan fingerprint density at radius 3 is 2.37 bits per heavy atom. The van der Waals surface area contributed by atoms with Crippen LogP contribution in [0.4, 0.5) is 0 Å². The minimum Gasteiger partial charge on any atom is -0.508 e. The Labute approximate surface area is 218 Å². The van der Waals surface area contributed by atoms with Gasteiger partial charge in [0.25, 0.3) is 5.91 Å². The summed E-state index contributed by atoms with van der Waals surface area (Å²) >= 11 is 0. The maximum atomic E-state index is 13.8. The van der Waals surface area contributed by atoms with Crippen LogP contribution in [0.3, 0.4) is 0 Å². The molecule has 9 heteroatoms. The highest BCUT2D eigenvalue weighted by molar-refractivity contribution is 6.24. The summed E-state index contributed by atoms with van der Waals surface area (Å²) in [6.07, 6.45) is 0.274. The Morgan fingerprint density at radius 1 is 1.05 bits per heavy atom. The van der Waals surface area contributed by atoms with E-state index >= 15 is 0 Å². The second-order valence-corrected chi connectivity index (χ2v) is 10.1. The van der Waals surface area contributed by atoms with Gasteiger partial charge in [-0.2, -0.15) is 0 Å². The SMILES string of the molecule is CN(C)[C@H]1C(=O)C(C(N)=O)=C(O)[C@]2(O)C(=O)C3=C(O)c4c(ccc(C#Cc5ccccc5)c4O)C[C@@H]3C[C@H]12. The van der Waals surface area contributed by atoms with Crippen LogP contribution in [-0.4, -0.2) is 68.5 Å². The largest absolute Gasteiger partial charge is 0.508 e. The summed E-state index contributed by atoms with van der Waals surface area (Å²) in [7, 11) is 3.12. The number of carbonyl (C=O) groups is 3. The second kappa shape index (κ2) is 8.87. The number of aliphatic hydroxyl groups is 3. The first kappa shape index (κ1) is 25.3. The van der Waals surface area contributed by atoms with Crippen molar-refractivity contribution in [3.63, 3.8) is 0 Å². The monoisotopic (exact) mass is 514 g/mol. The van der Waals surface area contributed by atoms with Gasteiger partial charge in [0.1, 0.15) is 22.8 Å². The third-order valence-electron chi connectivity index (χ3n) is 7.71. The van der Waals surface area contributed by atoms with Crippen molar-refractivity contribution in [1.29, 1.82) is 0 Å². The van der Waals surface area contributed by atoms with E-state index in [0.717, 1.165) is 5.56 Å². The van der Waals surface area contributed by atoms with Gasteiger partial charge >= 0.3 is 0 Å². The number of aromatic hydroxyl groups is 1. The van der Waals surface area contributed by atoms with E-state index < -0.39 is 58.0 Å². The lowest BCUT2D eigenvalue weighted by Crippen LogP contribution is -2.65. The Morgan fingerprint density at radius 2 is 1.74 bits per heavy atom. The number of nitrogens with zero attached hydrogens (tertiary/aromatic N) is 1. The number of hydrogen-bond acceptors (Lipinski definition) is 8.